The van der Waals surface area contributed by atoms with Crippen LogP contribution in [0.2, 0.25) is 0 Å². The minimum atomic E-state index is -0.685. The lowest BCUT2D eigenvalue weighted by atomic mass is 9.99. The molecule has 1 aromatic carbocycles. The third kappa shape index (κ3) is 3.26. The molecule has 0 bridgehead atoms. The van der Waals surface area contributed by atoms with Crippen LogP contribution in [0, 0.1) is 11.6 Å². The lowest BCUT2D eigenvalue weighted by Crippen LogP contribution is -2.31. The van der Waals surface area contributed by atoms with Crippen molar-refractivity contribution in [3.05, 3.63) is 46.4 Å². The van der Waals surface area contributed by atoms with E-state index < -0.39 is 11.6 Å². The number of aliphatic hydroxyl groups excluding tert-OH is 1. The maximum Gasteiger partial charge on any atom is 0.176 e. The molecule has 156 valence electrons. The molecule has 1 unspecified atom stereocenters. The molecular formula is C21H20F2N4OS2. The van der Waals surface area contributed by atoms with Crippen LogP contribution in [0.5, 0.6) is 0 Å². The standard InChI is InChI=1S/C21H20F2N4OS2/c1-11-12(3-5-27(11)6-7-28)16-8-13-15(2-4-24-21(13)30-16)26-19-14(22)9-17-20(18(19)23)25-10-29-17/h2,4,8-12,28H,3,5-7H2,1H3,(H,24,26)/t11?,12-/m1/s1. The highest BCUT2D eigenvalue weighted by atomic mass is 32.1. The van der Waals surface area contributed by atoms with Crippen LogP contribution in [-0.2, 0) is 0 Å². The quantitative estimate of drug-likeness (QED) is 0.447. The molecule has 0 aliphatic carbocycles. The smallest absolute Gasteiger partial charge is 0.176 e. The van der Waals surface area contributed by atoms with Crippen molar-refractivity contribution in [1.29, 1.82) is 0 Å². The molecule has 0 saturated carbocycles. The predicted octanol–water partition coefficient (Wildman–Crippen LogP) is 5.10. The van der Waals surface area contributed by atoms with Crippen molar-refractivity contribution >= 4 is 54.5 Å². The first-order valence-electron chi connectivity index (χ1n) is 9.78. The van der Waals surface area contributed by atoms with E-state index in [2.05, 4.69) is 33.2 Å². The number of hydrogen-bond acceptors (Lipinski definition) is 7. The van der Waals surface area contributed by atoms with E-state index in [1.165, 1.54) is 27.8 Å². The molecule has 3 aromatic heterocycles. The van der Waals surface area contributed by atoms with Gasteiger partial charge in [0.2, 0.25) is 0 Å². The molecule has 30 heavy (non-hydrogen) atoms. The number of halogens is 2. The van der Waals surface area contributed by atoms with Crippen molar-refractivity contribution < 1.29 is 13.9 Å². The fourth-order valence-corrected chi connectivity index (χ4v) is 6.22. The maximum atomic E-state index is 14.9. The van der Waals surface area contributed by atoms with E-state index in [0.29, 0.717) is 28.9 Å². The lowest BCUT2D eigenvalue weighted by molar-refractivity contribution is 0.188. The molecule has 4 aromatic rings. The van der Waals surface area contributed by atoms with Crippen molar-refractivity contribution in [2.24, 2.45) is 0 Å². The Balaban J connectivity index is 1.51. The van der Waals surface area contributed by atoms with Gasteiger partial charge in [-0.25, -0.2) is 18.7 Å². The molecule has 1 saturated heterocycles. The van der Waals surface area contributed by atoms with Crippen molar-refractivity contribution in [2.75, 3.05) is 25.0 Å². The van der Waals surface area contributed by atoms with Gasteiger partial charge in [0.1, 0.15) is 16.0 Å². The molecule has 4 heterocycles. The Labute approximate surface area is 180 Å². The second-order valence-corrected chi connectivity index (χ2v) is 9.44. The van der Waals surface area contributed by atoms with Crippen LogP contribution in [-0.4, -0.2) is 45.7 Å². The Kier molecular flexibility index (Phi) is 5.14. The summed E-state index contributed by atoms with van der Waals surface area (Å²) in [6, 6.07) is 5.45. The number of thiazole rings is 1. The fraction of sp³-hybridized carbons (Fsp3) is 0.333. The van der Waals surface area contributed by atoms with Gasteiger partial charge < -0.3 is 10.4 Å². The number of rotatable bonds is 5. The van der Waals surface area contributed by atoms with E-state index in [0.717, 1.165) is 23.2 Å². The van der Waals surface area contributed by atoms with E-state index in [9.17, 15) is 13.9 Å². The fourth-order valence-electron chi connectivity index (χ4n) is 4.26. The van der Waals surface area contributed by atoms with Gasteiger partial charge in [-0.1, -0.05) is 0 Å². The zero-order valence-electron chi connectivity index (χ0n) is 16.2. The number of aromatic nitrogens is 2. The van der Waals surface area contributed by atoms with Gasteiger partial charge in [-0.3, -0.25) is 4.90 Å². The first-order chi connectivity index (χ1) is 14.6. The largest absolute Gasteiger partial charge is 0.395 e. The van der Waals surface area contributed by atoms with Gasteiger partial charge in [0.15, 0.2) is 11.6 Å². The Morgan fingerprint density at radius 2 is 2.17 bits per heavy atom. The third-order valence-electron chi connectivity index (χ3n) is 5.87. The van der Waals surface area contributed by atoms with Crippen molar-refractivity contribution in [3.8, 4) is 0 Å². The second-order valence-electron chi connectivity index (χ2n) is 7.49. The number of nitrogens with one attached hydrogen (secondary N) is 1. The minimum absolute atomic E-state index is 0.152. The zero-order valence-corrected chi connectivity index (χ0v) is 17.9. The lowest BCUT2D eigenvalue weighted by Gasteiger charge is -2.23. The number of pyridine rings is 1. The summed E-state index contributed by atoms with van der Waals surface area (Å²) in [5.74, 6) is -0.979. The number of anilines is 2. The number of hydrogen-bond donors (Lipinski definition) is 2. The average Bonchev–Trinajstić information content (AvgIpc) is 3.44. The predicted molar refractivity (Wildman–Crippen MR) is 118 cm³/mol. The summed E-state index contributed by atoms with van der Waals surface area (Å²) in [5.41, 5.74) is 2.10. The molecule has 9 heteroatoms. The highest BCUT2D eigenvalue weighted by Crippen LogP contribution is 2.41. The number of thiophene rings is 1. The summed E-state index contributed by atoms with van der Waals surface area (Å²) in [6.07, 6.45) is 2.67. The summed E-state index contributed by atoms with van der Waals surface area (Å²) in [4.78, 5) is 12.8. The Bertz CT molecular complexity index is 1220. The zero-order chi connectivity index (χ0) is 20.8. The molecule has 2 N–H and O–H groups in total. The maximum absolute atomic E-state index is 14.9. The highest BCUT2D eigenvalue weighted by molar-refractivity contribution is 7.18. The third-order valence-corrected chi connectivity index (χ3v) is 7.82. The van der Waals surface area contributed by atoms with Gasteiger partial charge in [-0.15, -0.1) is 22.7 Å². The van der Waals surface area contributed by atoms with Gasteiger partial charge in [0, 0.05) is 35.0 Å². The Hall–Kier alpha value is -2.20. The number of benzene rings is 1. The van der Waals surface area contributed by atoms with Crippen LogP contribution in [0.25, 0.3) is 20.4 Å². The first kappa shape index (κ1) is 19.7. The minimum Gasteiger partial charge on any atom is -0.395 e. The molecule has 2 atom stereocenters. The van der Waals surface area contributed by atoms with Crippen LogP contribution in [0.4, 0.5) is 20.2 Å². The van der Waals surface area contributed by atoms with Gasteiger partial charge in [0.05, 0.1) is 22.5 Å². The summed E-state index contributed by atoms with van der Waals surface area (Å²) in [5, 5.41) is 13.1. The monoisotopic (exact) mass is 446 g/mol. The van der Waals surface area contributed by atoms with Crippen LogP contribution in [0.15, 0.2) is 29.9 Å². The van der Waals surface area contributed by atoms with Gasteiger partial charge in [-0.2, -0.15) is 0 Å². The van der Waals surface area contributed by atoms with Crippen molar-refractivity contribution in [2.45, 2.75) is 25.3 Å². The number of fused-ring (bicyclic) bond motifs is 2. The van der Waals surface area contributed by atoms with E-state index in [-0.39, 0.29) is 17.8 Å². The first-order valence-corrected chi connectivity index (χ1v) is 11.5. The summed E-state index contributed by atoms with van der Waals surface area (Å²) < 4.78 is 30.0. The number of likely N-dealkylation sites (tertiary alicyclic amines) is 1. The topological polar surface area (TPSA) is 61.3 Å². The second kappa shape index (κ2) is 7.81. The molecule has 1 aliphatic heterocycles. The molecule has 5 nitrogen and oxygen atoms in total. The van der Waals surface area contributed by atoms with E-state index >= 15 is 0 Å². The molecule has 5 rings (SSSR count). The number of nitrogens with zero attached hydrogens (tertiary/aromatic N) is 3. The molecule has 0 radical (unpaired) electrons. The van der Waals surface area contributed by atoms with E-state index in [1.807, 2.05) is 0 Å². The Morgan fingerprint density at radius 3 is 3.00 bits per heavy atom. The van der Waals surface area contributed by atoms with E-state index in [1.54, 1.807) is 23.6 Å². The molecule has 1 aliphatic rings. The number of β-amino-alcohol motifs (C(OH)–C–C–N with tert-alkyl or cyclic N) is 1. The normalized spacial score (nSPS) is 19.9. The van der Waals surface area contributed by atoms with Gasteiger partial charge in [0.25, 0.3) is 0 Å². The van der Waals surface area contributed by atoms with Crippen molar-refractivity contribution in [3.63, 3.8) is 0 Å². The van der Waals surface area contributed by atoms with Crippen LogP contribution in [0.3, 0.4) is 0 Å². The van der Waals surface area contributed by atoms with Crippen LogP contribution >= 0.6 is 22.7 Å². The van der Waals surface area contributed by atoms with E-state index in [4.69, 9.17) is 0 Å². The SMILES string of the molecule is CC1[C@H](c2cc3c(Nc4c(F)cc5scnc5c4F)ccnc3s2)CCN1CCO. The average molecular weight is 447 g/mol. The highest BCUT2D eigenvalue weighted by Gasteiger charge is 2.32. The Morgan fingerprint density at radius 1 is 1.30 bits per heavy atom. The summed E-state index contributed by atoms with van der Waals surface area (Å²) in [6.45, 7) is 3.95. The van der Waals surface area contributed by atoms with Crippen molar-refractivity contribution in [1.82, 2.24) is 14.9 Å². The summed E-state index contributed by atoms with van der Waals surface area (Å²) in [7, 11) is 0. The summed E-state index contributed by atoms with van der Waals surface area (Å²) >= 11 is 2.82. The molecule has 0 spiro atoms. The van der Waals surface area contributed by atoms with Gasteiger partial charge in [-0.05, 0) is 38.1 Å². The van der Waals surface area contributed by atoms with Crippen LogP contribution < -0.4 is 5.32 Å². The number of aliphatic hydroxyl groups is 1. The molecule has 1 fully saturated rings. The molecule has 0 amide bonds. The van der Waals surface area contributed by atoms with Crippen LogP contribution in [0.1, 0.15) is 24.1 Å². The van der Waals surface area contributed by atoms with Gasteiger partial charge >= 0.3 is 0 Å². The molecular weight excluding hydrogens is 426 g/mol.